The van der Waals surface area contributed by atoms with Crippen LogP contribution in [-0.2, 0) is 38.1 Å². The van der Waals surface area contributed by atoms with Gasteiger partial charge >= 0.3 is 17.9 Å². The van der Waals surface area contributed by atoms with Crippen molar-refractivity contribution in [3.63, 3.8) is 0 Å². The molecule has 0 radical (unpaired) electrons. The Morgan fingerprint density at radius 3 is 2.24 bits per heavy atom. The van der Waals surface area contributed by atoms with Gasteiger partial charge < -0.3 is 23.7 Å². The van der Waals surface area contributed by atoms with Gasteiger partial charge in [0.25, 0.3) is 0 Å². The summed E-state index contributed by atoms with van der Waals surface area (Å²) >= 11 is 0. The van der Waals surface area contributed by atoms with Crippen LogP contribution in [0.25, 0.3) is 0 Å². The zero-order valence-electron chi connectivity index (χ0n) is 21.6. The van der Waals surface area contributed by atoms with Crippen molar-refractivity contribution in [3.05, 3.63) is 11.6 Å². The van der Waals surface area contributed by atoms with Crippen LogP contribution < -0.4 is 0 Å². The third-order valence-electron chi connectivity index (χ3n) is 7.86. The Balaban J connectivity index is 1.80. The summed E-state index contributed by atoms with van der Waals surface area (Å²) in [4.78, 5) is 35.3. The summed E-state index contributed by atoms with van der Waals surface area (Å²) in [5, 5.41) is 0. The highest BCUT2D eigenvalue weighted by Gasteiger charge is 2.51. The molecule has 0 aromatic carbocycles. The van der Waals surface area contributed by atoms with Gasteiger partial charge in [0.15, 0.2) is 24.6 Å². The molecule has 1 aliphatic heterocycles. The first-order chi connectivity index (χ1) is 15.8. The van der Waals surface area contributed by atoms with Crippen LogP contribution in [0.1, 0.15) is 80.6 Å². The lowest BCUT2D eigenvalue weighted by Gasteiger charge is -2.52. The number of carbonyl (C=O) groups excluding carboxylic acids is 3. The van der Waals surface area contributed by atoms with E-state index in [1.54, 1.807) is 0 Å². The lowest BCUT2D eigenvalue weighted by molar-refractivity contribution is -0.310. The Morgan fingerprint density at radius 1 is 1.00 bits per heavy atom. The van der Waals surface area contributed by atoms with E-state index in [1.165, 1.54) is 32.8 Å². The van der Waals surface area contributed by atoms with E-state index in [0.717, 1.165) is 25.7 Å². The molecule has 2 aliphatic carbocycles. The van der Waals surface area contributed by atoms with Crippen LogP contribution in [0.3, 0.4) is 0 Å². The van der Waals surface area contributed by atoms with Crippen molar-refractivity contribution in [2.45, 2.75) is 111 Å². The van der Waals surface area contributed by atoms with Crippen LogP contribution in [-0.4, -0.2) is 54.7 Å². The molecule has 2 fully saturated rings. The molecule has 0 N–H and O–H groups in total. The van der Waals surface area contributed by atoms with Crippen LogP contribution in [0.15, 0.2) is 11.6 Å². The first-order valence-electron chi connectivity index (χ1n) is 12.3. The fourth-order valence-corrected chi connectivity index (χ4v) is 6.01. The summed E-state index contributed by atoms with van der Waals surface area (Å²) < 4.78 is 28.7. The van der Waals surface area contributed by atoms with Crippen molar-refractivity contribution in [1.29, 1.82) is 0 Å². The Bertz CT molecular complexity index is 818. The van der Waals surface area contributed by atoms with E-state index in [2.05, 4.69) is 19.9 Å². The normalized spacial score (nSPS) is 36.0. The number of hydrogen-bond donors (Lipinski definition) is 0. The summed E-state index contributed by atoms with van der Waals surface area (Å²) in [5.41, 5.74) is 1.20. The Labute approximate surface area is 202 Å². The molecule has 1 saturated heterocycles. The van der Waals surface area contributed by atoms with Crippen LogP contribution >= 0.6 is 0 Å². The maximum absolute atomic E-state index is 11.9. The van der Waals surface area contributed by atoms with Crippen LogP contribution in [0.5, 0.6) is 0 Å². The second kappa shape index (κ2) is 10.4. The zero-order valence-corrected chi connectivity index (χ0v) is 21.6. The second-order valence-electron chi connectivity index (χ2n) is 10.9. The van der Waals surface area contributed by atoms with Gasteiger partial charge in [0.05, 0.1) is 12.2 Å². The maximum Gasteiger partial charge on any atom is 0.303 e. The minimum absolute atomic E-state index is 0.0384. The van der Waals surface area contributed by atoms with E-state index in [4.69, 9.17) is 23.7 Å². The Hall–Kier alpha value is -1.93. The minimum atomic E-state index is -1.07. The van der Waals surface area contributed by atoms with E-state index in [1.807, 2.05) is 13.8 Å². The van der Waals surface area contributed by atoms with E-state index < -0.39 is 48.1 Å². The van der Waals surface area contributed by atoms with E-state index in [0.29, 0.717) is 11.3 Å². The van der Waals surface area contributed by atoms with E-state index in [-0.39, 0.29) is 12.5 Å². The first kappa shape index (κ1) is 26.7. The molecule has 0 aromatic rings. The van der Waals surface area contributed by atoms with Crippen molar-refractivity contribution in [1.82, 2.24) is 0 Å². The largest absolute Gasteiger partial charge is 0.456 e. The SMILES string of the molecule is CC(=O)OC1COC(OC(C)(C)C2CCC3(C)CCC=C(C)C3C2)C(OC(C)=O)C1OC(C)=O. The molecule has 8 heteroatoms. The van der Waals surface area contributed by atoms with Crippen molar-refractivity contribution >= 4 is 17.9 Å². The van der Waals surface area contributed by atoms with Gasteiger partial charge in [-0.25, -0.2) is 0 Å². The third-order valence-corrected chi connectivity index (χ3v) is 7.86. The highest BCUT2D eigenvalue weighted by atomic mass is 16.7. The highest BCUT2D eigenvalue weighted by Crippen LogP contribution is 2.54. The smallest absolute Gasteiger partial charge is 0.303 e. The Morgan fingerprint density at radius 2 is 1.62 bits per heavy atom. The van der Waals surface area contributed by atoms with Gasteiger partial charge in [-0.3, -0.25) is 14.4 Å². The molecule has 3 rings (SSSR count). The van der Waals surface area contributed by atoms with Gasteiger partial charge in [-0.2, -0.15) is 0 Å². The van der Waals surface area contributed by atoms with Gasteiger partial charge in [-0.05, 0) is 70.1 Å². The topological polar surface area (TPSA) is 97.4 Å². The minimum Gasteiger partial charge on any atom is -0.456 e. The molecule has 1 saturated carbocycles. The van der Waals surface area contributed by atoms with Crippen molar-refractivity contribution in [3.8, 4) is 0 Å². The summed E-state index contributed by atoms with van der Waals surface area (Å²) in [6, 6.07) is 0. The van der Waals surface area contributed by atoms with E-state index >= 15 is 0 Å². The third kappa shape index (κ3) is 6.00. The zero-order chi connectivity index (χ0) is 25.3. The predicted molar refractivity (Wildman–Crippen MR) is 123 cm³/mol. The van der Waals surface area contributed by atoms with Crippen molar-refractivity contribution in [2.75, 3.05) is 6.61 Å². The number of esters is 3. The molecule has 3 aliphatic rings. The molecule has 7 unspecified atom stereocenters. The highest BCUT2D eigenvalue weighted by molar-refractivity contribution is 5.68. The standard InChI is InChI=1S/C26H40O8/c1-15-9-8-11-26(7)12-10-19(13-20(15)26)25(5,6)34-24-23(33-18(4)29)22(32-17(3)28)21(14-30-24)31-16(2)27/h9,19-24H,8,10-14H2,1-7H3. The number of rotatable bonds is 6. The van der Waals surface area contributed by atoms with Gasteiger partial charge in [0, 0.05) is 20.8 Å². The van der Waals surface area contributed by atoms with Crippen molar-refractivity contribution < 1.29 is 38.1 Å². The van der Waals surface area contributed by atoms with Crippen LogP contribution in [0.4, 0.5) is 0 Å². The first-order valence-corrected chi connectivity index (χ1v) is 12.3. The fraction of sp³-hybridized carbons (Fsp3) is 0.808. The summed E-state index contributed by atoms with van der Waals surface area (Å²) in [7, 11) is 0. The average Bonchev–Trinajstić information content (AvgIpc) is 2.70. The van der Waals surface area contributed by atoms with Crippen LogP contribution in [0, 0.1) is 17.3 Å². The summed E-state index contributed by atoms with van der Waals surface area (Å²) in [6.07, 6.45) is 3.93. The monoisotopic (exact) mass is 480 g/mol. The molecule has 192 valence electrons. The quantitative estimate of drug-likeness (QED) is 0.318. The summed E-state index contributed by atoms with van der Waals surface area (Å²) in [5.74, 6) is -0.913. The number of ether oxygens (including phenoxy) is 5. The predicted octanol–water partition coefficient (Wildman–Crippen LogP) is 4.10. The molecule has 34 heavy (non-hydrogen) atoms. The molecule has 0 amide bonds. The number of allylic oxidation sites excluding steroid dienone is 2. The van der Waals surface area contributed by atoms with Gasteiger partial charge in [-0.1, -0.05) is 18.6 Å². The maximum atomic E-state index is 11.9. The lowest BCUT2D eigenvalue weighted by Crippen LogP contribution is -2.60. The molecule has 0 bridgehead atoms. The number of fused-ring (bicyclic) bond motifs is 1. The summed E-state index contributed by atoms with van der Waals surface area (Å²) in [6.45, 7) is 12.5. The Kier molecular flexibility index (Phi) is 8.13. The molecular weight excluding hydrogens is 440 g/mol. The molecule has 8 nitrogen and oxygen atoms in total. The number of hydrogen-bond acceptors (Lipinski definition) is 8. The van der Waals surface area contributed by atoms with Crippen molar-refractivity contribution in [2.24, 2.45) is 17.3 Å². The van der Waals surface area contributed by atoms with E-state index in [9.17, 15) is 14.4 Å². The van der Waals surface area contributed by atoms with Crippen LogP contribution in [0.2, 0.25) is 0 Å². The fourth-order valence-electron chi connectivity index (χ4n) is 6.01. The molecular formula is C26H40O8. The van der Waals surface area contributed by atoms with Gasteiger partial charge in [0.2, 0.25) is 0 Å². The average molecular weight is 481 g/mol. The molecule has 7 atom stereocenters. The molecule has 1 heterocycles. The van der Waals surface area contributed by atoms with Gasteiger partial charge in [0.1, 0.15) is 0 Å². The molecule has 0 aromatic heterocycles. The molecule has 0 spiro atoms. The second-order valence-corrected chi connectivity index (χ2v) is 10.9. The van der Waals surface area contributed by atoms with Gasteiger partial charge in [-0.15, -0.1) is 0 Å². The lowest BCUT2D eigenvalue weighted by atomic mass is 9.56. The number of carbonyl (C=O) groups is 3.